The minimum absolute atomic E-state index is 0.0328. The second kappa shape index (κ2) is 9.33. The van der Waals surface area contributed by atoms with E-state index in [1.807, 2.05) is 61.5 Å². The number of carbonyl (C=O) groups is 2. The number of esters is 1. The Kier molecular flexibility index (Phi) is 6.60. The van der Waals surface area contributed by atoms with E-state index in [1.165, 1.54) is 0 Å². The number of benzene rings is 2. The van der Waals surface area contributed by atoms with Crippen molar-refractivity contribution in [1.82, 2.24) is 4.90 Å². The molecule has 2 aromatic carbocycles. The van der Waals surface area contributed by atoms with Crippen LogP contribution in [0.4, 0.5) is 5.69 Å². The van der Waals surface area contributed by atoms with E-state index in [4.69, 9.17) is 4.74 Å². The number of para-hydroxylation sites is 1. The predicted octanol–water partition coefficient (Wildman–Crippen LogP) is 3.71. The Labute approximate surface area is 160 Å². The summed E-state index contributed by atoms with van der Waals surface area (Å²) in [4.78, 5) is 26.6. The zero-order valence-electron chi connectivity index (χ0n) is 15.7. The van der Waals surface area contributed by atoms with Gasteiger partial charge in [-0.05, 0) is 56.1 Å². The van der Waals surface area contributed by atoms with Crippen LogP contribution in [0.25, 0.3) is 0 Å². The maximum Gasteiger partial charge on any atom is 0.310 e. The van der Waals surface area contributed by atoms with Crippen molar-refractivity contribution in [3.05, 3.63) is 65.7 Å². The summed E-state index contributed by atoms with van der Waals surface area (Å²) in [6, 6.07) is 17.1. The molecular weight excluding hydrogens is 340 g/mol. The van der Waals surface area contributed by atoms with Gasteiger partial charge in [-0.3, -0.25) is 14.5 Å². The second-order valence-corrected chi connectivity index (χ2v) is 6.84. The summed E-state index contributed by atoms with van der Waals surface area (Å²) < 4.78 is 5.16. The van der Waals surface area contributed by atoms with Gasteiger partial charge in [-0.1, -0.05) is 30.3 Å². The highest BCUT2D eigenvalue weighted by Gasteiger charge is 2.26. The molecule has 0 spiro atoms. The largest absolute Gasteiger partial charge is 0.466 e. The van der Waals surface area contributed by atoms with Gasteiger partial charge in [0.2, 0.25) is 0 Å². The van der Waals surface area contributed by atoms with Crippen molar-refractivity contribution in [3.8, 4) is 0 Å². The fourth-order valence-electron chi connectivity index (χ4n) is 3.40. The monoisotopic (exact) mass is 366 g/mol. The molecule has 1 atom stereocenters. The van der Waals surface area contributed by atoms with Crippen LogP contribution in [0.5, 0.6) is 0 Å². The van der Waals surface area contributed by atoms with Gasteiger partial charge >= 0.3 is 5.97 Å². The molecule has 1 heterocycles. The third-order valence-corrected chi connectivity index (χ3v) is 4.78. The number of ether oxygens (including phenoxy) is 1. The lowest BCUT2D eigenvalue weighted by atomic mass is 9.97. The maximum atomic E-state index is 12.3. The molecule has 1 N–H and O–H groups in total. The smallest absolute Gasteiger partial charge is 0.310 e. The summed E-state index contributed by atoms with van der Waals surface area (Å²) in [5.41, 5.74) is 2.55. The SMILES string of the molecule is CCOC(=O)[C@H]1CCCN(Cc2ccc(C(=O)Nc3ccccc3)cc2)C1. The van der Waals surface area contributed by atoms with Gasteiger partial charge in [0.25, 0.3) is 5.91 Å². The van der Waals surface area contributed by atoms with Crippen LogP contribution in [0.1, 0.15) is 35.7 Å². The Hall–Kier alpha value is -2.66. The highest BCUT2D eigenvalue weighted by atomic mass is 16.5. The van der Waals surface area contributed by atoms with Crippen LogP contribution in [-0.4, -0.2) is 36.5 Å². The number of nitrogens with zero attached hydrogens (tertiary/aromatic N) is 1. The number of hydrogen-bond acceptors (Lipinski definition) is 4. The molecule has 1 amide bonds. The summed E-state index contributed by atoms with van der Waals surface area (Å²) >= 11 is 0. The van der Waals surface area contributed by atoms with Crippen LogP contribution in [-0.2, 0) is 16.1 Å². The number of anilines is 1. The van der Waals surface area contributed by atoms with Gasteiger partial charge in [0.15, 0.2) is 0 Å². The lowest BCUT2D eigenvalue weighted by Crippen LogP contribution is -2.38. The molecule has 5 heteroatoms. The third-order valence-electron chi connectivity index (χ3n) is 4.78. The first kappa shape index (κ1) is 19.1. The molecular formula is C22H26N2O3. The summed E-state index contributed by atoms with van der Waals surface area (Å²) in [6.45, 7) is 4.76. The second-order valence-electron chi connectivity index (χ2n) is 6.84. The van der Waals surface area contributed by atoms with Crippen LogP contribution in [0.2, 0.25) is 0 Å². The fourth-order valence-corrected chi connectivity index (χ4v) is 3.40. The molecule has 1 fully saturated rings. The Bertz CT molecular complexity index is 759. The number of rotatable bonds is 6. The first-order valence-corrected chi connectivity index (χ1v) is 9.50. The van der Waals surface area contributed by atoms with E-state index in [0.29, 0.717) is 12.2 Å². The van der Waals surface area contributed by atoms with E-state index in [9.17, 15) is 9.59 Å². The molecule has 3 rings (SSSR count). The van der Waals surface area contributed by atoms with Crippen LogP contribution in [0.15, 0.2) is 54.6 Å². The minimum Gasteiger partial charge on any atom is -0.466 e. The van der Waals surface area contributed by atoms with Gasteiger partial charge in [0.1, 0.15) is 0 Å². The van der Waals surface area contributed by atoms with E-state index in [0.717, 1.165) is 43.7 Å². The van der Waals surface area contributed by atoms with Crippen molar-refractivity contribution in [2.24, 2.45) is 5.92 Å². The van der Waals surface area contributed by atoms with Gasteiger partial charge in [-0.15, -0.1) is 0 Å². The number of likely N-dealkylation sites (tertiary alicyclic amines) is 1. The molecule has 0 bridgehead atoms. The average Bonchev–Trinajstić information content (AvgIpc) is 2.70. The molecule has 0 aliphatic carbocycles. The van der Waals surface area contributed by atoms with E-state index < -0.39 is 0 Å². The molecule has 27 heavy (non-hydrogen) atoms. The lowest BCUT2D eigenvalue weighted by Gasteiger charge is -2.31. The standard InChI is InChI=1S/C22H26N2O3/c1-2-27-22(26)19-7-6-14-24(16-19)15-17-10-12-18(13-11-17)21(25)23-20-8-4-3-5-9-20/h3-5,8-13,19H,2,6-7,14-16H2,1H3,(H,23,25)/t19-/m0/s1. The molecule has 142 valence electrons. The summed E-state index contributed by atoms with van der Waals surface area (Å²) in [5, 5.41) is 2.89. The van der Waals surface area contributed by atoms with Crippen molar-refractivity contribution in [2.75, 3.05) is 25.0 Å². The van der Waals surface area contributed by atoms with Crippen molar-refractivity contribution < 1.29 is 14.3 Å². The van der Waals surface area contributed by atoms with Crippen LogP contribution >= 0.6 is 0 Å². The zero-order chi connectivity index (χ0) is 19.1. The number of piperidine rings is 1. The highest BCUT2D eigenvalue weighted by molar-refractivity contribution is 6.04. The quantitative estimate of drug-likeness (QED) is 0.792. The summed E-state index contributed by atoms with van der Waals surface area (Å²) in [6.07, 6.45) is 1.90. The Balaban J connectivity index is 1.55. The fraction of sp³-hybridized carbons (Fsp3) is 0.364. The van der Waals surface area contributed by atoms with Gasteiger partial charge in [0, 0.05) is 24.3 Å². The van der Waals surface area contributed by atoms with E-state index in [-0.39, 0.29) is 17.8 Å². The summed E-state index contributed by atoms with van der Waals surface area (Å²) in [5.74, 6) is -0.238. The molecule has 0 unspecified atom stereocenters. The number of nitrogens with one attached hydrogen (secondary N) is 1. The molecule has 0 saturated carbocycles. The Morgan fingerprint density at radius 1 is 1.11 bits per heavy atom. The number of carbonyl (C=O) groups excluding carboxylic acids is 2. The van der Waals surface area contributed by atoms with E-state index >= 15 is 0 Å². The van der Waals surface area contributed by atoms with E-state index in [2.05, 4.69) is 10.2 Å². The molecule has 0 radical (unpaired) electrons. The topological polar surface area (TPSA) is 58.6 Å². The normalized spacial score (nSPS) is 17.3. The maximum absolute atomic E-state index is 12.3. The van der Waals surface area contributed by atoms with Gasteiger partial charge in [-0.25, -0.2) is 0 Å². The highest BCUT2D eigenvalue weighted by Crippen LogP contribution is 2.20. The first-order valence-electron chi connectivity index (χ1n) is 9.50. The molecule has 1 saturated heterocycles. The van der Waals surface area contributed by atoms with Gasteiger partial charge in [0.05, 0.1) is 12.5 Å². The molecule has 1 aliphatic rings. The molecule has 5 nitrogen and oxygen atoms in total. The number of hydrogen-bond donors (Lipinski definition) is 1. The van der Waals surface area contributed by atoms with Crippen molar-refractivity contribution in [3.63, 3.8) is 0 Å². The average molecular weight is 366 g/mol. The molecule has 2 aromatic rings. The molecule has 0 aromatic heterocycles. The van der Waals surface area contributed by atoms with Crippen LogP contribution in [0, 0.1) is 5.92 Å². The van der Waals surface area contributed by atoms with E-state index in [1.54, 1.807) is 0 Å². The predicted molar refractivity (Wildman–Crippen MR) is 105 cm³/mol. The van der Waals surface area contributed by atoms with Crippen LogP contribution in [0.3, 0.4) is 0 Å². The number of amides is 1. The Morgan fingerprint density at radius 2 is 1.85 bits per heavy atom. The summed E-state index contributed by atoms with van der Waals surface area (Å²) in [7, 11) is 0. The van der Waals surface area contributed by atoms with Crippen molar-refractivity contribution >= 4 is 17.6 Å². The lowest BCUT2D eigenvalue weighted by molar-refractivity contribution is -0.150. The van der Waals surface area contributed by atoms with Crippen molar-refractivity contribution in [2.45, 2.75) is 26.3 Å². The van der Waals surface area contributed by atoms with Crippen LogP contribution < -0.4 is 5.32 Å². The molecule has 1 aliphatic heterocycles. The van der Waals surface area contributed by atoms with Gasteiger partial charge in [-0.2, -0.15) is 0 Å². The Morgan fingerprint density at radius 3 is 2.56 bits per heavy atom. The first-order chi connectivity index (χ1) is 13.2. The third kappa shape index (κ3) is 5.41. The minimum atomic E-state index is -0.118. The zero-order valence-corrected chi connectivity index (χ0v) is 15.7. The van der Waals surface area contributed by atoms with Crippen molar-refractivity contribution in [1.29, 1.82) is 0 Å². The van der Waals surface area contributed by atoms with Gasteiger partial charge < -0.3 is 10.1 Å².